The first-order valence-electron chi connectivity index (χ1n) is 21.6. The number of aromatic nitrogens is 8. The zero-order chi connectivity index (χ0) is 45.7. The summed E-state index contributed by atoms with van der Waals surface area (Å²) in [4.78, 5) is 38.5. The van der Waals surface area contributed by atoms with E-state index in [1.54, 1.807) is 18.6 Å². The minimum Gasteiger partial charge on any atom is -0.346 e. The Labute approximate surface area is 387 Å². The molecule has 6 aromatic heterocycles. The minimum atomic E-state index is 0.0983. The lowest BCUT2D eigenvalue weighted by Crippen LogP contribution is -2.03. The average molecular weight is 875 g/mol. The van der Waals surface area contributed by atoms with Crippen molar-refractivity contribution in [1.82, 2.24) is 40.1 Å². The van der Waals surface area contributed by atoms with Crippen LogP contribution in [0.25, 0.3) is 54.6 Å². The molecule has 2 aliphatic rings. The molecule has 0 bridgehead atoms. The van der Waals surface area contributed by atoms with Gasteiger partial charge >= 0.3 is 0 Å². The molecule has 6 aromatic carbocycles. The first-order valence-corrected chi connectivity index (χ1v) is 21.6. The average Bonchev–Trinajstić information content (AvgIpc) is 4.25. The third-order valence-electron chi connectivity index (χ3n) is 10.3. The molecule has 3 N–H and O–H groups in total. The number of carbonyl (C=O) groups excluding carboxylic acids is 1. The molecule has 12 aromatic rings. The highest BCUT2D eigenvalue weighted by Crippen LogP contribution is 2.23. The van der Waals surface area contributed by atoms with Gasteiger partial charge in [-0.15, -0.1) is 0 Å². The Morgan fingerprint density at radius 3 is 1.79 bits per heavy atom. The van der Waals surface area contributed by atoms with Gasteiger partial charge in [0.2, 0.25) is 5.91 Å². The highest BCUT2D eigenvalue weighted by molar-refractivity contribution is 5.99. The molecular formula is C56H46N10O. The van der Waals surface area contributed by atoms with E-state index < -0.39 is 0 Å². The number of pyridine rings is 3. The zero-order valence-corrected chi connectivity index (χ0v) is 36.5. The maximum atomic E-state index is 10.8. The molecule has 0 atom stereocenters. The topological polar surface area (TPSA) is 150 Å². The summed E-state index contributed by atoms with van der Waals surface area (Å²) in [5.41, 5.74) is 9.56. The molecule has 0 saturated carbocycles. The molecule has 8 heterocycles. The summed E-state index contributed by atoms with van der Waals surface area (Å²) in [6.07, 6.45) is 17.9. The van der Waals surface area contributed by atoms with Gasteiger partial charge in [-0.2, -0.15) is 5.10 Å². The third-order valence-corrected chi connectivity index (χ3v) is 10.3. The molecule has 67 heavy (non-hydrogen) atoms. The van der Waals surface area contributed by atoms with Crippen molar-refractivity contribution in [1.29, 1.82) is 0 Å². The van der Waals surface area contributed by atoms with E-state index in [9.17, 15) is 4.79 Å². The van der Waals surface area contributed by atoms with Gasteiger partial charge in [0, 0.05) is 77.9 Å². The van der Waals surface area contributed by atoms with Crippen LogP contribution in [0.1, 0.15) is 11.1 Å². The SMILES string of the molecule is C1=Nc2ccccc2C1.O=C1Cc2ccccc2N1.c1ccc2[nH]ncc2c1.c1ccc2cnccc2c1.c1ccc2ncccc2c1.c1ccc2nccnc2c1.c1cnc2[nH]ccc2c1. The summed E-state index contributed by atoms with van der Waals surface area (Å²) in [7, 11) is 0. The van der Waals surface area contributed by atoms with Crippen molar-refractivity contribution in [2.24, 2.45) is 4.99 Å². The van der Waals surface area contributed by atoms with Crippen molar-refractivity contribution in [2.45, 2.75) is 12.8 Å². The van der Waals surface area contributed by atoms with Crippen molar-refractivity contribution in [3.63, 3.8) is 0 Å². The van der Waals surface area contributed by atoms with Crippen molar-refractivity contribution in [2.75, 3.05) is 5.32 Å². The Morgan fingerprint density at radius 1 is 0.448 bits per heavy atom. The van der Waals surface area contributed by atoms with Crippen LogP contribution in [0.2, 0.25) is 0 Å². The first-order chi connectivity index (χ1) is 33.2. The largest absolute Gasteiger partial charge is 0.346 e. The molecule has 0 aliphatic carbocycles. The summed E-state index contributed by atoms with van der Waals surface area (Å²) >= 11 is 0. The van der Waals surface area contributed by atoms with Crippen molar-refractivity contribution >= 4 is 78.1 Å². The second-order valence-corrected chi connectivity index (χ2v) is 14.9. The molecule has 2 aliphatic heterocycles. The van der Waals surface area contributed by atoms with Crippen LogP contribution in [-0.2, 0) is 17.6 Å². The fraction of sp³-hybridized carbons (Fsp3) is 0.0357. The van der Waals surface area contributed by atoms with Gasteiger partial charge in [0.1, 0.15) is 5.65 Å². The maximum Gasteiger partial charge on any atom is 0.228 e. The second kappa shape index (κ2) is 23.5. The normalized spacial score (nSPS) is 11.3. The van der Waals surface area contributed by atoms with Crippen LogP contribution >= 0.6 is 0 Å². The monoisotopic (exact) mass is 874 g/mol. The Kier molecular flexibility index (Phi) is 15.5. The number of rotatable bonds is 0. The Morgan fingerprint density at radius 2 is 1.06 bits per heavy atom. The number of amides is 1. The molecule has 0 fully saturated rings. The van der Waals surface area contributed by atoms with E-state index in [0.717, 1.165) is 61.8 Å². The highest BCUT2D eigenvalue weighted by atomic mass is 16.1. The van der Waals surface area contributed by atoms with Gasteiger partial charge in [0.05, 0.1) is 40.4 Å². The van der Waals surface area contributed by atoms with Crippen LogP contribution in [-0.4, -0.2) is 52.2 Å². The number of carbonyl (C=O) groups is 1. The Hall–Kier alpha value is -9.22. The van der Waals surface area contributed by atoms with E-state index in [-0.39, 0.29) is 5.91 Å². The summed E-state index contributed by atoms with van der Waals surface area (Å²) in [5, 5.41) is 15.5. The number of nitrogens with one attached hydrogen (secondary N) is 3. The number of hydrogen-bond acceptors (Lipinski definition) is 8. The van der Waals surface area contributed by atoms with E-state index in [2.05, 4.69) is 80.7 Å². The van der Waals surface area contributed by atoms with E-state index in [1.165, 1.54) is 21.7 Å². The number of benzene rings is 6. The number of aliphatic imine (C=N–C) groups is 1. The predicted molar refractivity (Wildman–Crippen MR) is 272 cm³/mol. The van der Waals surface area contributed by atoms with Gasteiger partial charge in [-0.3, -0.25) is 34.8 Å². The molecule has 0 spiro atoms. The summed E-state index contributed by atoms with van der Waals surface area (Å²) in [6, 6.07) is 60.0. The number of aromatic amines is 2. The number of nitrogens with zero attached hydrogens (tertiary/aromatic N) is 7. The lowest BCUT2D eigenvalue weighted by Gasteiger charge is -1.93. The number of hydrogen-bond donors (Lipinski definition) is 3. The summed E-state index contributed by atoms with van der Waals surface area (Å²) < 4.78 is 0. The van der Waals surface area contributed by atoms with Gasteiger partial charge in [-0.1, -0.05) is 115 Å². The molecule has 0 saturated heterocycles. The number of para-hydroxylation sites is 6. The van der Waals surface area contributed by atoms with E-state index in [4.69, 9.17) is 0 Å². The van der Waals surface area contributed by atoms with Crippen molar-refractivity contribution in [3.05, 3.63) is 243 Å². The molecule has 1 amide bonds. The second-order valence-electron chi connectivity index (χ2n) is 14.9. The third kappa shape index (κ3) is 12.9. The van der Waals surface area contributed by atoms with Crippen LogP contribution in [0, 0.1) is 0 Å². The van der Waals surface area contributed by atoms with Gasteiger partial charge in [-0.05, 0) is 88.6 Å². The molecular weight excluding hydrogens is 829 g/mol. The molecule has 0 radical (unpaired) electrons. The van der Waals surface area contributed by atoms with Crippen LogP contribution in [0.3, 0.4) is 0 Å². The lowest BCUT2D eigenvalue weighted by molar-refractivity contribution is -0.115. The van der Waals surface area contributed by atoms with E-state index >= 15 is 0 Å². The Bertz CT molecular complexity index is 2950. The summed E-state index contributed by atoms with van der Waals surface area (Å²) in [5.74, 6) is 0.0983. The van der Waals surface area contributed by atoms with Gasteiger partial charge in [-0.25, -0.2) is 4.98 Å². The first kappa shape index (κ1) is 44.4. The molecule has 11 heteroatoms. The van der Waals surface area contributed by atoms with Crippen molar-refractivity contribution < 1.29 is 4.79 Å². The molecule has 14 rings (SSSR count). The van der Waals surface area contributed by atoms with Gasteiger partial charge in [0.15, 0.2) is 0 Å². The zero-order valence-electron chi connectivity index (χ0n) is 36.5. The Balaban J connectivity index is 0.000000106. The minimum absolute atomic E-state index is 0.0983. The molecule has 11 nitrogen and oxygen atoms in total. The summed E-state index contributed by atoms with van der Waals surface area (Å²) in [6.45, 7) is 0. The van der Waals surface area contributed by atoms with E-state index in [0.29, 0.717) is 6.42 Å². The lowest BCUT2D eigenvalue weighted by atomic mass is 10.2. The molecule has 326 valence electrons. The van der Waals surface area contributed by atoms with Crippen molar-refractivity contribution in [3.8, 4) is 0 Å². The maximum absolute atomic E-state index is 10.8. The number of H-pyrrole nitrogens is 2. The number of fused-ring (bicyclic) bond motifs is 7. The van der Waals surface area contributed by atoms with Crippen LogP contribution in [0.15, 0.2) is 237 Å². The fourth-order valence-electron chi connectivity index (χ4n) is 6.93. The standard InChI is InChI=1S/2C9H7N.C8H6N2.C8H7NO.C8H7N.2C7H6N2/c1-2-6-9-8(4-1)5-3-7-10-9;1-2-4-9-7-10-6-5-8(9)3-1;1-2-4-8-7(3-1)9-5-6-10-8;10-8-5-6-3-1-2-4-7(6)9-8;1-2-4-8-7(3-1)5-6-9-8;1-2-6-3-5-9-7(6)8-4-1;1-2-4-7-6(3-1)5-8-9-7/h2*1-7H;1-6H;1-4H,5H2,(H,9,10);1-4,6H,5H2;2*1-5H,(H,8,9). The number of anilines is 1. The van der Waals surface area contributed by atoms with Crippen LogP contribution in [0.5, 0.6) is 0 Å². The van der Waals surface area contributed by atoms with E-state index in [1.807, 2.05) is 189 Å². The van der Waals surface area contributed by atoms with Gasteiger partial charge in [0.25, 0.3) is 0 Å². The van der Waals surface area contributed by atoms with Gasteiger partial charge < -0.3 is 10.3 Å². The quantitative estimate of drug-likeness (QED) is 0.137. The fourth-order valence-corrected chi connectivity index (χ4v) is 6.93. The van der Waals surface area contributed by atoms with Crippen LogP contribution in [0.4, 0.5) is 11.4 Å². The predicted octanol–water partition coefficient (Wildman–Crippen LogP) is 12.4. The smallest absolute Gasteiger partial charge is 0.228 e. The van der Waals surface area contributed by atoms with Crippen LogP contribution < -0.4 is 5.32 Å². The molecule has 0 unspecified atom stereocenters. The highest BCUT2D eigenvalue weighted by Gasteiger charge is 2.15.